The second-order valence-electron chi connectivity index (χ2n) is 3.90. The van der Waals surface area contributed by atoms with E-state index in [1.54, 1.807) is 6.33 Å². The molecule has 0 bridgehead atoms. The molecule has 1 aliphatic rings. The van der Waals surface area contributed by atoms with Crippen LogP contribution in [0.4, 0.5) is 0 Å². The van der Waals surface area contributed by atoms with E-state index in [0.717, 1.165) is 12.1 Å². The molecule has 1 aliphatic heterocycles. The molecule has 8 nitrogen and oxygen atoms in total. The molecule has 1 amide bonds. The average Bonchev–Trinajstić information content (AvgIpc) is 2.86. The normalized spacial score (nSPS) is 18.3. The minimum absolute atomic E-state index is 0.0306. The highest BCUT2D eigenvalue weighted by Gasteiger charge is 2.31. The summed E-state index contributed by atoms with van der Waals surface area (Å²) in [5.74, 6) is -2.10. The summed E-state index contributed by atoms with van der Waals surface area (Å²) in [4.78, 5) is 38.5. The number of ketones is 1. The van der Waals surface area contributed by atoms with Gasteiger partial charge in [0.2, 0.25) is 5.91 Å². The maximum absolute atomic E-state index is 10.8. The highest BCUT2D eigenvalue weighted by atomic mass is 16.4. The molecule has 1 atom stereocenters. The van der Waals surface area contributed by atoms with E-state index in [-0.39, 0.29) is 18.7 Å². The predicted octanol–water partition coefficient (Wildman–Crippen LogP) is -1.17. The van der Waals surface area contributed by atoms with Gasteiger partial charge in [-0.05, 0) is 6.54 Å². The summed E-state index contributed by atoms with van der Waals surface area (Å²) in [6, 6.07) is -1.32. The average molecular weight is 268 g/mol. The van der Waals surface area contributed by atoms with Crippen LogP contribution in [0.1, 0.15) is 18.5 Å². The number of aromatic amines is 1. The first-order chi connectivity index (χ1) is 9.04. The molecule has 0 aliphatic carbocycles. The first-order valence-corrected chi connectivity index (χ1v) is 5.77. The van der Waals surface area contributed by atoms with E-state index in [1.807, 2.05) is 6.20 Å². The van der Waals surface area contributed by atoms with Crippen molar-refractivity contribution in [3.63, 3.8) is 0 Å². The Morgan fingerprint density at radius 1 is 1.47 bits per heavy atom. The predicted molar refractivity (Wildman–Crippen MR) is 65.2 cm³/mol. The third kappa shape index (κ3) is 4.88. The molecular formula is C11H16N4O4. The zero-order valence-corrected chi connectivity index (χ0v) is 10.3. The molecule has 2 rings (SSSR count). The Kier molecular flexibility index (Phi) is 5.68. The molecule has 0 unspecified atom stereocenters. The Hall–Kier alpha value is -2.22. The number of carboxylic acids is 1. The smallest absolute Gasteiger partial charge is 0.334 e. The number of nitrogens with two attached hydrogens (primary N) is 1. The number of carbonyl (C=O) groups excluding carboxylic acids is 2. The summed E-state index contributed by atoms with van der Waals surface area (Å²) in [6.07, 6.45) is 4.51. The van der Waals surface area contributed by atoms with Gasteiger partial charge in [-0.3, -0.25) is 9.59 Å². The second-order valence-corrected chi connectivity index (χ2v) is 3.90. The molecule has 0 radical (unpaired) electrons. The van der Waals surface area contributed by atoms with Gasteiger partial charge in [0, 0.05) is 25.5 Å². The van der Waals surface area contributed by atoms with Crippen molar-refractivity contribution >= 4 is 17.7 Å². The SMILES string of the molecule is NCCc1c[nH]cn1.O=C1CCC(=O)[C@@H](C(=O)O)N1. The van der Waals surface area contributed by atoms with Crippen molar-refractivity contribution in [1.29, 1.82) is 0 Å². The summed E-state index contributed by atoms with van der Waals surface area (Å²) in [5.41, 5.74) is 6.30. The summed E-state index contributed by atoms with van der Waals surface area (Å²) in [5, 5.41) is 10.5. The standard InChI is InChI=1S/C6H7NO4.C5H9N3/c8-3-1-2-4(9)7-5(3)6(10)11;6-2-1-5-3-7-4-8-5/h5H,1-2H2,(H,7,9)(H,10,11);3-4H,1-2,6H2,(H,7,8)/t5-;/m0./s1. The number of H-pyrrole nitrogens is 1. The second kappa shape index (κ2) is 7.27. The first-order valence-electron chi connectivity index (χ1n) is 5.77. The van der Waals surface area contributed by atoms with Gasteiger partial charge in [0.1, 0.15) is 0 Å². The fourth-order valence-corrected chi connectivity index (χ4v) is 1.47. The van der Waals surface area contributed by atoms with Gasteiger partial charge in [-0.2, -0.15) is 0 Å². The number of carboxylic acid groups (broad SMARTS) is 1. The van der Waals surface area contributed by atoms with E-state index in [4.69, 9.17) is 10.8 Å². The molecule has 1 fully saturated rings. The highest BCUT2D eigenvalue weighted by Crippen LogP contribution is 2.03. The van der Waals surface area contributed by atoms with Gasteiger partial charge < -0.3 is 21.1 Å². The number of nitrogens with zero attached hydrogens (tertiary/aromatic N) is 1. The summed E-state index contributed by atoms with van der Waals surface area (Å²) >= 11 is 0. The number of aliphatic carboxylic acids is 1. The van der Waals surface area contributed by atoms with Crippen LogP contribution in [0.15, 0.2) is 12.5 Å². The number of hydrogen-bond donors (Lipinski definition) is 4. The van der Waals surface area contributed by atoms with Crippen LogP contribution in [0.5, 0.6) is 0 Å². The Morgan fingerprint density at radius 2 is 2.21 bits per heavy atom. The topological polar surface area (TPSA) is 138 Å². The number of hydrogen-bond acceptors (Lipinski definition) is 5. The molecule has 0 aromatic carbocycles. The molecule has 19 heavy (non-hydrogen) atoms. The molecule has 1 aromatic rings. The van der Waals surface area contributed by atoms with Crippen molar-refractivity contribution in [1.82, 2.24) is 15.3 Å². The van der Waals surface area contributed by atoms with Crippen LogP contribution in [0.3, 0.4) is 0 Å². The van der Waals surface area contributed by atoms with Crippen molar-refractivity contribution in [3.05, 3.63) is 18.2 Å². The lowest BCUT2D eigenvalue weighted by atomic mass is 10.0. The monoisotopic (exact) mass is 268 g/mol. The third-order valence-corrected chi connectivity index (χ3v) is 2.43. The van der Waals surface area contributed by atoms with E-state index in [0.29, 0.717) is 6.54 Å². The lowest BCUT2D eigenvalue weighted by Gasteiger charge is -2.17. The van der Waals surface area contributed by atoms with E-state index < -0.39 is 17.8 Å². The lowest BCUT2D eigenvalue weighted by Crippen LogP contribution is -2.50. The van der Waals surface area contributed by atoms with Crippen LogP contribution in [-0.4, -0.2) is 45.3 Å². The van der Waals surface area contributed by atoms with Gasteiger partial charge in [0.25, 0.3) is 0 Å². The third-order valence-electron chi connectivity index (χ3n) is 2.43. The minimum Gasteiger partial charge on any atom is -0.479 e. The Balaban J connectivity index is 0.000000200. The van der Waals surface area contributed by atoms with E-state index in [1.165, 1.54) is 0 Å². The largest absolute Gasteiger partial charge is 0.479 e. The van der Waals surface area contributed by atoms with E-state index in [2.05, 4.69) is 15.3 Å². The van der Waals surface area contributed by atoms with Gasteiger partial charge >= 0.3 is 5.97 Å². The van der Waals surface area contributed by atoms with Crippen LogP contribution >= 0.6 is 0 Å². The Morgan fingerprint density at radius 3 is 2.68 bits per heavy atom. The molecule has 1 aromatic heterocycles. The maximum Gasteiger partial charge on any atom is 0.334 e. The Labute approximate surface area is 109 Å². The fraction of sp³-hybridized carbons (Fsp3) is 0.455. The van der Waals surface area contributed by atoms with Crippen molar-refractivity contribution in [2.45, 2.75) is 25.3 Å². The van der Waals surface area contributed by atoms with Crippen molar-refractivity contribution in [3.8, 4) is 0 Å². The number of aromatic nitrogens is 2. The number of nitrogens with one attached hydrogen (secondary N) is 2. The molecule has 8 heteroatoms. The molecule has 104 valence electrons. The van der Waals surface area contributed by atoms with E-state index >= 15 is 0 Å². The molecule has 0 saturated carbocycles. The number of amides is 1. The molecule has 2 heterocycles. The van der Waals surface area contributed by atoms with Crippen LogP contribution in [0, 0.1) is 0 Å². The summed E-state index contributed by atoms with van der Waals surface area (Å²) in [7, 11) is 0. The van der Waals surface area contributed by atoms with E-state index in [9.17, 15) is 14.4 Å². The zero-order chi connectivity index (χ0) is 14.3. The number of rotatable bonds is 3. The molecular weight excluding hydrogens is 252 g/mol. The quantitative estimate of drug-likeness (QED) is 0.509. The van der Waals surface area contributed by atoms with Crippen molar-refractivity contribution in [2.24, 2.45) is 5.73 Å². The number of piperidine rings is 1. The van der Waals surface area contributed by atoms with Gasteiger partial charge in [0.05, 0.1) is 12.0 Å². The van der Waals surface area contributed by atoms with Crippen LogP contribution in [0.25, 0.3) is 0 Å². The molecule has 5 N–H and O–H groups in total. The van der Waals surface area contributed by atoms with Gasteiger partial charge in [-0.15, -0.1) is 0 Å². The first kappa shape index (κ1) is 14.8. The zero-order valence-electron chi connectivity index (χ0n) is 10.3. The summed E-state index contributed by atoms with van der Waals surface area (Å²) < 4.78 is 0. The fourth-order valence-electron chi connectivity index (χ4n) is 1.47. The minimum atomic E-state index is -1.32. The van der Waals surface area contributed by atoms with Crippen molar-refractivity contribution < 1.29 is 19.5 Å². The number of imidazole rings is 1. The maximum atomic E-state index is 10.8. The molecule has 0 spiro atoms. The number of Topliss-reactive ketones (excluding diaryl/α,β-unsaturated/α-hetero) is 1. The van der Waals surface area contributed by atoms with Gasteiger partial charge in [-0.1, -0.05) is 0 Å². The van der Waals surface area contributed by atoms with Crippen molar-refractivity contribution in [2.75, 3.05) is 6.54 Å². The van der Waals surface area contributed by atoms with Crippen LogP contribution in [0.2, 0.25) is 0 Å². The van der Waals surface area contributed by atoms with Gasteiger partial charge in [0.15, 0.2) is 11.8 Å². The molecule has 1 saturated heterocycles. The van der Waals surface area contributed by atoms with Crippen LogP contribution < -0.4 is 11.1 Å². The number of carbonyl (C=O) groups is 3. The lowest BCUT2D eigenvalue weighted by molar-refractivity contribution is -0.148. The highest BCUT2D eigenvalue weighted by molar-refractivity contribution is 6.08. The van der Waals surface area contributed by atoms with Crippen LogP contribution in [-0.2, 0) is 20.8 Å². The van der Waals surface area contributed by atoms with Gasteiger partial charge in [-0.25, -0.2) is 9.78 Å². The summed E-state index contributed by atoms with van der Waals surface area (Å²) in [6.45, 7) is 0.671. The Bertz CT molecular complexity index is 444.